The fraction of sp³-hybridized carbons (Fsp3) is 0.381. The van der Waals surface area contributed by atoms with Crippen molar-refractivity contribution in [3.63, 3.8) is 0 Å². The molecule has 0 saturated heterocycles. The number of pyridine rings is 1. The average Bonchev–Trinajstić information content (AvgIpc) is 3.53. The highest BCUT2D eigenvalue weighted by atomic mass is 79.9. The minimum absolute atomic E-state index is 0.121. The minimum atomic E-state index is -0.121. The number of halogens is 1. The van der Waals surface area contributed by atoms with E-state index in [-0.39, 0.29) is 5.56 Å². The number of hydrogen-bond acceptors (Lipinski definition) is 8. The first-order valence-corrected chi connectivity index (χ1v) is 11.4. The van der Waals surface area contributed by atoms with Gasteiger partial charge in [-0.3, -0.25) is 14.3 Å². The quantitative estimate of drug-likeness (QED) is 0.343. The zero-order valence-electron chi connectivity index (χ0n) is 17.5. The maximum atomic E-state index is 13.2. The number of aryl methyl sites for hydroxylation is 3. The van der Waals surface area contributed by atoms with Crippen LogP contribution in [-0.2, 0) is 25.8 Å². The summed E-state index contributed by atoms with van der Waals surface area (Å²) >= 11 is 3.45. The molecule has 11 heteroatoms. The van der Waals surface area contributed by atoms with Crippen molar-refractivity contribution in [2.45, 2.75) is 52.0 Å². The van der Waals surface area contributed by atoms with Crippen LogP contribution in [0.2, 0.25) is 0 Å². The number of fused-ring (bicyclic) bond motifs is 2. The van der Waals surface area contributed by atoms with Gasteiger partial charge in [0.1, 0.15) is 11.6 Å². The molecule has 0 N–H and O–H groups in total. The smallest absolute Gasteiger partial charge is 0.266 e. The van der Waals surface area contributed by atoms with E-state index in [2.05, 4.69) is 53.2 Å². The summed E-state index contributed by atoms with van der Waals surface area (Å²) in [5, 5.41) is 12.7. The third kappa shape index (κ3) is 3.77. The van der Waals surface area contributed by atoms with Gasteiger partial charge in [-0.05, 0) is 34.5 Å². The Balaban J connectivity index is 1.45. The third-order valence-electron chi connectivity index (χ3n) is 5.43. The molecule has 0 unspecified atom stereocenters. The van der Waals surface area contributed by atoms with Crippen LogP contribution in [0.25, 0.3) is 17.2 Å². The number of unbranched alkanes of at least 4 members (excludes halogenated alkanes) is 2. The van der Waals surface area contributed by atoms with E-state index in [0.717, 1.165) is 36.0 Å². The normalized spacial score (nSPS) is 13.0. The van der Waals surface area contributed by atoms with Crippen LogP contribution in [0, 0.1) is 0 Å². The first kappa shape index (κ1) is 20.7. The standard InChI is InChI=1S/C21H21BrN8O2/c1-2-3-4-10-29-18-14(11-15(22)24-18)20(31)30-17(26-27-21(29)30)8-7-16-25-19(32-28-16)13-6-5-9-23-12-13/h5-6,9,12H,2-4,7-8,10-11H2,1H3. The molecular formula is C21H21BrN8O2. The number of aliphatic imine (C=N–C) groups is 1. The molecule has 5 heterocycles. The lowest BCUT2D eigenvalue weighted by molar-refractivity contribution is 0.422. The second-order valence-corrected chi connectivity index (χ2v) is 8.56. The van der Waals surface area contributed by atoms with Crippen LogP contribution in [0.15, 0.2) is 38.8 Å². The van der Waals surface area contributed by atoms with Gasteiger partial charge in [0.2, 0.25) is 5.78 Å². The van der Waals surface area contributed by atoms with Crippen molar-refractivity contribution in [3.8, 4) is 11.5 Å². The molecule has 4 aromatic heterocycles. The molecule has 0 bridgehead atoms. The van der Waals surface area contributed by atoms with Gasteiger partial charge in [0, 0.05) is 38.2 Å². The zero-order chi connectivity index (χ0) is 22.1. The van der Waals surface area contributed by atoms with Crippen molar-refractivity contribution in [2.75, 3.05) is 0 Å². The molecule has 0 atom stereocenters. The van der Waals surface area contributed by atoms with Crippen LogP contribution in [0.3, 0.4) is 0 Å². The Labute approximate surface area is 191 Å². The second-order valence-electron chi connectivity index (χ2n) is 7.64. The zero-order valence-corrected chi connectivity index (χ0v) is 19.1. The summed E-state index contributed by atoms with van der Waals surface area (Å²) in [4.78, 5) is 26.3. The van der Waals surface area contributed by atoms with Crippen molar-refractivity contribution in [3.05, 3.63) is 52.1 Å². The van der Waals surface area contributed by atoms with Crippen LogP contribution >= 0.6 is 15.9 Å². The Hall–Kier alpha value is -3.21. The second kappa shape index (κ2) is 8.73. The summed E-state index contributed by atoms with van der Waals surface area (Å²) in [7, 11) is 0. The Morgan fingerprint density at radius 2 is 2.12 bits per heavy atom. The molecule has 1 aliphatic rings. The van der Waals surface area contributed by atoms with Gasteiger partial charge in [-0.1, -0.05) is 24.9 Å². The fourth-order valence-corrected chi connectivity index (χ4v) is 4.28. The summed E-state index contributed by atoms with van der Waals surface area (Å²) in [6.45, 7) is 2.90. The Bertz CT molecular complexity index is 1360. The van der Waals surface area contributed by atoms with Gasteiger partial charge < -0.3 is 4.52 Å². The van der Waals surface area contributed by atoms with Gasteiger partial charge in [0.05, 0.1) is 15.7 Å². The average molecular weight is 497 g/mol. The summed E-state index contributed by atoms with van der Waals surface area (Å²) < 4.78 is 9.71. The summed E-state index contributed by atoms with van der Waals surface area (Å²) in [5.74, 6) is 2.74. The molecule has 0 amide bonds. The van der Waals surface area contributed by atoms with Crippen molar-refractivity contribution in [1.29, 1.82) is 0 Å². The summed E-state index contributed by atoms with van der Waals surface area (Å²) in [6.07, 6.45) is 7.95. The largest absolute Gasteiger partial charge is 0.334 e. The third-order valence-corrected chi connectivity index (χ3v) is 5.88. The molecule has 0 aliphatic carbocycles. The Kier molecular flexibility index (Phi) is 5.64. The Morgan fingerprint density at radius 3 is 2.94 bits per heavy atom. The van der Waals surface area contributed by atoms with Crippen LogP contribution in [0.5, 0.6) is 0 Å². The lowest BCUT2D eigenvalue weighted by Crippen LogP contribution is -2.24. The van der Waals surface area contributed by atoms with Crippen molar-refractivity contribution in [1.82, 2.24) is 34.3 Å². The molecule has 10 nitrogen and oxygen atoms in total. The number of nitrogens with zero attached hydrogens (tertiary/aromatic N) is 8. The molecule has 0 saturated carbocycles. The molecule has 0 fully saturated rings. The maximum Gasteiger partial charge on any atom is 0.266 e. The van der Waals surface area contributed by atoms with Crippen molar-refractivity contribution in [2.24, 2.45) is 4.99 Å². The van der Waals surface area contributed by atoms with E-state index in [4.69, 9.17) is 4.52 Å². The predicted molar refractivity (Wildman–Crippen MR) is 121 cm³/mol. The van der Waals surface area contributed by atoms with Gasteiger partial charge in [-0.15, -0.1) is 10.2 Å². The van der Waals surface area contributed by atoms with E-state index in [1.165, 1.54) is 0 Å². The molecule has 32 heavy (non-hydrogen) atoms. The first-order valence-electron chi connectivity index (χ1n) is 10.6. The Morgan fingerprint density at radius 1 is 1.22 bits per heavy atom. The maximum absolute atomic E-state index is 13.2. The van der Waals surface area contributed by atoms with Gasteiger partial charge in [-0.25, -0.2) is 9.39 Å². The monoisotopic (exact) mass is 496 g/mol. The van der Waals surface area contributed by atoms with Crippen LogP contribution in [0.4, 0.5) is 5.82 Å². The van der Waals surface area contributed by atoms with E-state index in [0.29, 0.717) is 54.0 Å². The molecular weight excluding hydrogens is 476 g/mol. The molecule has 4 aromatic rings. The summed E-state index contributed by atoms with van der Waals surface area (Å²) in [6, 6.07) is 3.67. The number of aromatic nitrogens is 7. The van der Waals surface area contributed by atoms with Gasteiger partial charge in [0.15, 0.2) is 5.82 Å². The van der Waals surface area contributed by atoms with Crippen LogP contribution < -0.4 is 5.56 Å². The SMILES string of the molecule is CCCCCn1c2c(c(=O)n3c(CCc4noc(-c5cccnc5)n4)nnc13)CC(Br)=N2. The lowest BCUT2D eigenvalue weighted by Gasteiger charge is -2.12. The minimum Gasteiger partial charge on any atom is -0.334 e. The highest BCUT2D eigenvalue weighted by Gasteiger charge is 2.25. The predicted octanol–water partition coefficient (Wildman–Crippen LogP) is 3.29. The highest BCUT2D eigenvalue weighted by Crippen LogP contribution is 2.28. The number of hydrogen-bond donors (Lipinski definition) is 0. The molecule has 0 radical (unpaired) electrons. The highest BCUT2D eigenvalue weighted by molar-refractivity contribution is 9.18. The van der Waals surface area contributed by atoms with E-state index >= 15 is 0 Å². The van der Waals surface area contributed by atoms with Gasteiger partial charge in [0.25, 0.3) is 11.4 Å². The van der Waals surface area contributed by atoms with E-state index in [1.54, 1.807) is 16.8 Å². The van der Waals surface area contributed by atoms with Crippen molar-refractivity contribution >= 4 is 32.1 Å². The number of rotatable bonds is 8. The molecule has 1 aliphatic heterocycles. The van der Waals surface area contributed by atoms with Gasteiger partial charge >= 0.3 is 0 Å². The lowest BCUT2D eigenvalue weighted by atomic mass is 10.2. The van der Waals surface area contributed by atoms with E-state index < -0.39 is 0 Å². The van der Waals surface area contributed by atoms with Crippen LogP contribution in [-0.4, -0.2) is 38.9 Å². The van der Waals surface area contributed by atoms with Crippen LogP contribution in [0.1, 0.15) is 43.4 Å². The molecule has 164 valence electrons. The summed E-state index contributed by atoms with van der Waals surface area (Å²) in [5.41, 5.74) is 1.31. The van der Waals surface area contributed by atoms with E-state index in [9.17, 15) is 4.79 Å². The molecule has 0 aromatic carbocycles. The molecule has 0 spiro atoms. The topological polar surface area (TPSA) is 116 Å². The van der Waals surface area contributed by atoms with Crippen molar-refractivity contribution < 1.29 is 4.52 Å². The molecule has 5 rings (SSSR count). The first-order chi connectivity index (χ1) is 15.7. The fourth-order valence-electron chi connectivity index (χ4n) is 3.83. The van der Waals surface area contributed by atoms with Gasteiger partial charge in [-0.2, -0.15) is 4.98 Å². The van der Waals surface area contributed by atoms with E-state index in [1.807, 2.05) is 16.7 Å².